The van der Waals surface area contributed by atoms with E-state index in [4.69, 9.17) is 4.74 Å². The van der Waals surface area contributed by atoms with Gasteiger partial charge in [-0.05, 0) is 66.2 Å². The number of benzene rings is 1. The van der Waals surface area contributed by atoms with Crippen molar-refractivity contribution >= 4 is 0 Å². The van der Waals surface area contributed by atoms with E-state index in [1.54, 1.807) is 12.1 Å². The lowest BCUT2D eigenvalue weighted by Gasteiger charge is -2.34. The number of hydrogen-bond acceptors (Lipinski definition) is 2. The lowest BCUT2D eigenvalue weighted by Crippen LogP contribution is -2.27. The largest absolute Gasteiger partial charge is 0.508 e. The van der Waals surface area contributed by atoms with Gasteiger partial charge in [0.1, 0.15) is 11.5 Å². The first-order chi connectivity index (χ1) is 12.0. The molecule has 0 radical (unpaired) electrons. The van der Waals surface area contributed by atoms with Crippen LogP contribution in [0, 0.1) is 22.7 Å². The van der Waals surface area contributed by atoms with Crippen LogP contribution in [0.5, 0.6) is 11.5 Å². The molecular formula is C24H42O2. The first kappa shape index (κ1) is 22.9. The van der Waals surface area contributed by atoms with Gasteiger partial charge >= 0.3 is 0 Å². The summed E-state index contributed by atoms with van der Waals surface area (Å²) in [6.07, 6.45) is 7.78. The van der Waals surface area contributed by atoms with Crippen molar-refractivity contribution in [3.63, 3.8) is 0 Å². The van der Waals surface area contributed by atoms with E-state index in [0.29, 0.717) is 11.3 Å². The average molecular weight is 363 g/mol. The van der Waals surface area contributed by atoms with E-state index in [1.165, 1.54) is 38.5 Å². The van der Waals surface area contributed by atoms with Crippen LogP contribution in [0.3, 0.4) is 0 Å². The van der Waals surface area contributed by atoms with E-state index in [1.807, 2.05) is 12.1 Å². The van der Waals surface area contributed by atoms with E-state index < -0.39 is 0 Å². The molecule has 0 heterocycles. The summed E-state index contributed by atoms with van der Waals surface area (Å²) in [4.78, 5) is 0. The number of unbranched alkanes of at least 4 members (excludes halogenated alkanes) is 1. The fourth-order valence-electron chi connectivity index (χ4n) is 3.58. The quantitative estimate of drug-likeness (QED) is 0.468. The lowest BCUT2D eigenvalue weighted by atomic mass is 9.73. The molecule has 0 aliphatic heterocycles. The Morgan fingerprint density at radius 1 is 0.808 bits per heavy atom. The number of rotatable bonds is 10. The fourth-order valence-corrected chi connectivity index (χ4v) is 3.58. The van der Waals surface area contributed by atoms with Gasteiger partial charge in [-0.1, -0.05) is 67.7 Å². The standard InChI is InChI=1S/C24H42O2/c1-8-9-11-19(23(2,3)4)12-10-13-20(24(5,6)7)18-26-22-16-14-21(25)15-17-22/h14-17,19-20,25H,8-13,18H2,1-7H3. The van der Waals surface area contributed by atoms with Crippen LogP contribution >= 0.6 is 0 Å². The Balaban J connectivity index is 2.57. The SMILES string of the molecule is CCCCC(CCCC(COc1ccc(O)cc1)C(C)(C)C)C(C)(C)C. The summed E-state index contributed by atoms with van der Waals surface area (Å²) in [6, 6.07) is 7.05. The maximum absolute atomic E-state index is 9.40. The summed E-state index contributed by atoms with van der Waals surface area (Å²) in [5, 5.41) is 9.40. The summed E-state index contributed by atoms with van der Waals surface area (Å²) in [5.74, 6) is 2.46. The van der Waals surface area contributed by atoms with Gasteiger partial charge < -0.3 is 9.84 Å². The second kappa shape index (κ2) is 10.2. The predicted molar refractivity (Wildman–Crippen MR) is 113 cm³/mol. The van der Waals surface area contributed by atoms with Gasteiger partial charge in [0.25, 0.3) is 0 Å². The number of phenolic OH excluding ortho intramolecular Hbond substituents is 1. The van der Waals surface area contributed by atoms with Gasteiger partial charge in [-0.15, -0.1) is 0 Å². The fraction of sp³-hybridized carbons (Fsp3) is 0.750. The molecule has 2 heteroatoms. The van der Waals surface area contributed by atoms with Crippen molar-refractivity contribution in [1.29, 1.82) is 0 Å². The van der Waals surface area contributed by atoms with E-state index in [2.05, 4.69) is 48.5 Å². The highest BCUT2D eigenvalue weighted by atomic mass is 16.5. The van der Waals surface area contributed by atoms with Crippen LogP contribution in [0.1, 0.15) is 87.0 Å². The maximum Gasteiger partial charge on any atom is 0.119 e. The zero-order chi connectivity index (χ0) is 19.8. The number of ether oxygens (including phenoxy) is 1. The zero-order valence-electron chi connectivity index (χ0n) is 18.3. The molecule has 150 valence electrons. The molecule has 1 aromatic carbocycles. The molecule has 0 saturated carbocycles. The second-order valence-electron chi connectivity index (χ2n) is 10.0. The molecule has 0 amide bonds. The Morgan fingerprint density at radius 2 is 1.31 bits per heavy atom. The van der Waals surface area contributed by atoms with Crippen LogP contribution in [0.4, 0.5) is 0 Å². The molecule has 1 rings (SSSR count). The van der Waals surface area contributed by atoms with Gasteiger partial charge in [0.2, 0.25) is 0 Å². The molecule has 1 aromatic rings. The van der Waals surface area contributed by atoms with Crippen molar-refractivity contribution < 1.29 is 9.84 Å². The summed E-state index contributed by atoms with van der Waals surface area (Å²) in [6.45, 7) is 17.1. The molecule has 0 aliphatic rings. The molecule has 2 atom stereocenters. The van der Waals surface area contributed by atoms with Crippen molar-refractivity contribution in [2.75, 3.05) is 6.61 Å². The second-order valence-corrected chi connectivity index (χ2v) is 10.0. The Kier molecular flexibility index (Phi) is 9.00. The highest BCUT2D eigenvalue weighted by Gasteiger charge is 2.27. The molecule has 26 heavy (non-hydrogen) atoms. The smallest absolute Gasteiger partial charge is 0.119 e. The van der Waals surface area contributed by atoms with Crippen LogP contribution in [0.25, 0.3) is 0 Å². The van der Waals surface area contributed by atoms with Gasteiger partial charge in [0.15, 0.2) is 0 Å². The zero-order valence-corrected chi connectivity index (χ0v) is 18.3. The monoisotopic (exact) mass is 362 g/mol. The van der Waals surface area contributed by atoms with Gasteiger partial charge in [-0.3, -0.25) is 0 Å². The van der Waals surface area contributed by atoms with Gasteiger partial charge in [0, 0.05) is 0 Å². The van der Waals surface area contributed by atoms with Crippen molar-refractivity contribution in [2.45, 2.75) is 87.0 Å². The van der Waals surface area contributed by atoms with Crippen LogP contribution in [0.15, 0.2) is 24.3 Å². The number of hydrogen-bond donors (Lipinski definition) is 1. The van der Waals surface area contributed by atoms with Crippen molar-refractivity contribution in [1.82, 2.24) is 0 Å². The minimum Gasteiger partial charge on any atom is -0.508 e. The molecule has 0 aliphatic carbocycles. The highest BCUT2D eigenvalue weighted by molar-refractivity contribution is 5.30. The van der Waals surface area contributed by atoms with E-state index in [0.717, 1.165) is 18.3 Å². The molecule has 0 bridgehead atoms. The molecule has 0 fully saturated rings. The third kappa shape index (κ3) is 8.47. The first-order valence-electron chi connectivity index (χ1n) is 10.5. The average Bonchev–Trinajstić information content (AvgIpc) is 2.52. The van der Waals surface area contributed by atoms with Gasteiger partial charge in [0.05, 0.1) is 6.61 Å². The summed E-state index contributed by atoms with van der Waals surface area (Å²) >= 11 is 0. The summed E-state index contributed by atoms with van der Waals surface area (Å²) in [7, 11) is 0. The van der Waals surface area contributed by atoms with Crippen LogP contribution < -0.4 is 4.74 Å². The number of phenols is 1. The van der Waals surface area contributed by atoms with E-state index >= 15 is 0 Å². The van der Waals surface area contributed by atoms with Crippen molar-refractivity contribution in [3.05, 3.63) is 24.3 Å². The Morgan fingerprint density at radius 3 is 1.81 bits per heavy atom. The normalized spacial score (nSPS) is 14.9. The van der Waals surface area contributed by atoms with Gasteiger partial charge in [-0.2, -0.15) is 0 Å². The molecule has 2 unspecified atom stereocenters. The van der Waals surface area contributed by atoms with Crippen LogP contribution in [-0.2, 0) is 0 Å². The third-order valence-electron chi connectivity index (χ3n) is 5.75. The number of aromatic hydroxyl groups is 1. The van der Waals surface area contributed by atoms with E-state index in [-0.39, 0.29) is 11.2 Å². The summed E-state index contributed by atoms with van der Waals surface area (Å²) < 4.78 is 6.03. The molecular weight excluding hydrogens is 320 g/mol. The minimum absolute atomic E-state index is 0.234. The molecule has 0 spiro atoms. The van der Waals surface area contributed by atoms with Gasteiger partial charge in [-0.25, -0.2) is 0 Å². The molecule has 0 saturated heterocycles. The molecule has 2 nitrogen and oxygen atoms in total. The minimum atomic E-state index is 0.234. The Hall–Kier alpha value is -1.18. The molecule has 1 N–H and O–H groups in total. The topological polar surface area (TPSA) is 29.5 Å². The third-order valence-corrected chi connectivity index (χ3v) is 5.75. The first-order valence-corrected chi connectivity index (χ1v) is 10.5. The lowest BCUT2D eigenvalue weighted by molar-refractivity contribution is 0.126. The van der Waals surface area contributed by atoms with E-state index in [9.17, 15) is 5.11 Å². The maximum atomic E-state index is 9.40. The Bertz CT molecular complexity index is 490. The molecule has 0 aromatic heterocycles. The highest BCUT2D eigenvalue weighted by Crippen LogP contribution is 2.37. The predicted octanol–water partition coefficient (Wildman–Crippen LogP) is 7.46. The van der Waals surface area contributed by atoms with Crippen LogP contribution in [0.2, 0.25) is 0 Å². The summed E-state index contributed by atoms with van der Waals surface area (Å²) in [5.41, 5.74) is 0.631. The Labute approximate surface area is 162 Å². The van der Waals surface area contributed by atoms with Crippen molar-refractivity contribution in [3.8, 4) is 11.5 Å². The van der Waals surface area contributed by atoms with Crippen molar-refractivity contribution in [2.24, 2.45) is 22.7 Å². The van der Waals surface area contributed by atoms with Crippen LogP contribution in [-0.4, -0.2) is 11.7 Å².